The molecule has 2 heteroatoms. The topological polar surface area (TPSA) is 30.9 Å². The summed E-state index contributed by atoms with van der Waals surface area (Å²) in [6, 6.07) is 4.51. The van der Waals surface area contributed by atoms with Crippen molar-refractivity contribution in [3.63, 3.8) is 0 Å². The monoisotopic (exact) mass is 230 g/mol. The first-order chi connectivity index (χ1) is 7.86. The number of hydrogen-bond donors (Lipinski definition) is 1. The molecule has 2 nitrogen and oxygen atoms in total. The summed E-state index contributed by atoms with van der Waals surface area (Å²) in [5.74, 6) is 0. The van der Waals surface area contributed by atoms with Gasteiger partial charge in [-0.1, -0.05) is 25.5 Å². The van der Waals surface area contributed by atoms with Crippen LogP contribution < -0.4 is 5.73 Å². The lowest BCUT2D eigenvalue weighted by atomic mass is 9.84. The highest BCUT2D eigenvalue weighted by Crippen LogP contribution is 2.33. The van der Waals surface area contributed by atoms with Crippen molar-refractivity contribution in [3.05, 3.63) is 35.0 Å². The van der Waals surface area contributed by atoms with Crippen LogP contribution in [0.4, 0.5) is 0 Å². The van der Waals surface area contributed by atoms with Crippen LogP contribution >= 0.6 is 0 Å². The molecule has 0 aliphatic heterocycles. The van der Waals surface area contributed by atoms with E-state index in [2.05, 4.69) is 57.6 Å². The number of hydrogen-bond acceptors (Lipinski definition) is 1. The first-order valence-electron chi connectivity index (χ1n) is 6.13. The Kier molecular flexibility index (Phi) is 2.78. The third kappa shape index (κ3) is 1.87. The second kappa shape index (κ2) is 3.88. The standard InChI is InChI=1S/C15H22N2/c1-10-6-11(2)14-12(7-10)13(8-17(14)5)15(3,4)9-16/h6-8H,9,16H2,1-5H3. The Labute approximate surface area is 103 Å². The predicted octanol–water partition coefficient (Wildman–Crippen LogP) is 3.03. The Morgan fingerprint density at radius 2 is 1.88 bits per heavy atom. The van der Waals surface area contributed by atoms with Gasteiger partial charge in [-0.15, -0.1) is 0 Å². The van der Waals surface area contributed by atoms with Crippen molar-refractivity contribution in [2.24, 2.45) is 12.8 Å². The number of rotatable bonds is 2. The highest BCUT2D eigenvalue weighted by molar-refractivity contribution is 5.88. The number of aryl methyl sites for hydroxylation is 3. The minimum absolute atomic E-state index is 0.0275. The summed E-state index contributed by atoms with van der Waals surface area (Å²) in [6.45, 7) is 9.41. The zero-order chi connectivity index (χ0) is 12.8. The summed E-state index contributed by atoms with van der Waals surface area (Å²) in [5, 5.41) is 1.35. The Morgan fingerprint density at radius 3 is 2.47 bits per heavy atom. The Morgan fingerprint density at radius 1 is 1.24 bits per heavy atom. The van der Waals surface area contributed by atoms with Crippen LogP contribution in [-0.2, 0) is 12.5 Å². The second-order valence-corrected chi connectivity index (χ2v) is 5.72. The predicted molar refractivity (Wildman–Crippen MR) is 74.5 cm³/mol. The maximum Gasteiger partial charge on any atom is 0.0510 e. The summed E-state index contributed by atoms with van der Waals surface area (Å²) < 4.78 is 2.22. The molecule has 0 amide bonds. The quantitative estimate of drug-likeness (QED) is 0.844. The fourth-order valence-corrected chi connectivity index (χ4v) is 2.61. The highest BCUT2D eigenvalue weighted by atomic mass is 14.9. The number of benzene rings is 1. The van der Waals surface area contributed by atoms with E-state index in [0.29, 0.717) is 6.54 Å². The summed E-state index contributed by atoms with van der Waals surface area (Å²) in [6.07, 6.45) is 2.23. The zero-order valence-electron chi connectivity index (χ0n) is 11.5. The lowest BCUT2D eigenvalue weighted by molar-refractivity contribution is 0.542. The molecule has 0 saturated heterocycles. The van der Waals surface area contributed by atoms with E-state index in [1.54, 1.807) is 0 Å². The van der Waals surface area contributed by atoms with E-state index in [-0.39, 0.29) is 5.41 Å². The lowest BCUT2D eigenvalue weighted by Gasteiger charge is -2.22. The first kappa shape index (κ1) is 12.2. The molecule has 2 N–H and O–H groups in total. The van der Waals surface area contributed by atoms with E-state index in [1.165, 1.54) is 27.6 Å². The zero-order valence-corrected chi connectivity index (χ0v) is 11.5. The molecule has 92 valence electrons. The largest absolute Gasteiger partial charge is 0.350 e. The SMILES string of the molecule is Cc1cc(C)c2c(c1)c(C(C)(C)CN)cn2C. The van der Waals surface area contributed by atoms with E-state index in [4.69, 9.17) is 5.73 Å². The van der Waals surface area contributed by atoms with Gasteiger partial charge in [-0.05, 0) is 31.0 Å². The van der Waals surface area contributed by atoms with Gasteiger partial charge < -0.3 is 10.3 Å². The summed E-state index contributed by atoms with van der Waals surface area (Å²) >= 11 is 0. The minimum atomic E-state index is 0.0275. The highest BCUT2D eigenvalue weighted by Gasteiger charge is 2.23. The third-order valence-corrected chi connectivity index (χ3v) is 3.65. The molecule has 0 aliphatic carbocycles. The molecule has 1 heterocycles. The Balaban J connectivity index is 2.83. The molecule has 0 bridgehead atoms. The van der Waals surface area contributed by atoms with E-state index in [1.807, 2.05) is 0 Å². The summed E-state index contributed by atoms with van der Waals surface area (Å²) in [7, 11) is 2.11. The molecule has 0 saturated carbocycles. The van der Waals surface area contributed by atoms with Crippen molar-refractivity contribution < 1.29 is 0 Å². The molecule has 0 aliphatic rings. The molecule has 0 unspecified atom stereocenters. The van der Waals surface area contributed by atoms with E-state index < -0.39 is 0 Å². The summed E-state index contributed by atoms with van der Waals surface area (Å²) in [5.41, 5.74) is 11.3. The molecular weight excluding hydrogens is 208 g/mol. The van der Waals surface area contributed by atoms with Gasteiger partial charge in [-0.25, -0.2) is 0 Å². The van der Waals surface area contributed by atoms with Crippen molar-refractivity contribution in [1.29, 1.82) is 0 Å². The van der Waals surface area contributed by atoms with Crippen molar-refractivity contribution in [3.8, 4) is 0 Å². The van der Waals surface area contributed by atoms with Gasteiger partial charge in [0.05, 0.1) is 5.52 Å². The van der Waals surface area contributed by atoms with E-state index in [0.717, 1.165) is 0 Å². The molecule has 1 aromatic carbocycles. The number of nitrogens with two attached hydrogens (primary N) is 1. The Hall–Kier alpha value is -1.28. The lowest BCUT2D eigenvalue weighted by Crippen LogP contribution is -2.27. The van der Waals surface area contributed by atoms with Crippen LogP contribution in [0.3, 0.4) is 0 Å². The first-order valence-corrected chi connectivity index (χ1v) is 6.13. The number of nitrogens with zero attached hydrogens (tertiary/aromatic N) is 1. The summed E-state index contributed by atoms with van der Waals surface area (Å²) in [4.78, 5) is 0. The van der Waals surface area contributed by atoms with Crippen molar-refractivity contribution in [2.75, 3.05) is 6.54 Å². The van der Waals surface area contributed by atoms with Gasteiger partial charge in [0.25, 0.3) is 0 Å². The van der Waals surface area contributed by atoms with Crippen LogP contribution in [0.1, 0.15) is 30.5 Å². The van der Waals surface area contributed by atoms with Crippen LogP contribution in [0.5, 0.6) is 0 Å². The van der Waals surface area contributed by atoms with Crippen LogP contribution in [0.25, 0.3) is 10.9 Å². The minimum Gasteiger partial charge on any atom is -0.350 e. The Bertz CT molecular complexity index is 562. The molecule has 1 aromatic heterocycles. The van der Waals surface area contributed by atoms with Crippen molar-refractivity contribution in [2.45, 2.75) is 33.1 Å². The number of fused-ring (bicyclic) bond motifs is 1. The van der Waals surface area contributed by atoms with Crippen LogP contribution in [0.2, 0.25) is 0 Å². The average molecular weight is 230 g/mol. The van der Waals surface area contributed by atoms with E-state index in [9.17, 15) is 0 Å². The number of aromatic nitrogens is 1. The molecule has 17 heavy (non-hydrogen) atoms. The van der Waals surface area contributed by atoms with Crippen LogP contribution in [-0.4, -0.2) is 11.1 Å². The van der Waals surface area contributed by atoms with Gasteiger partial charge in [-0.2, -0.15) is 0 Å². The van der Waals surface area contributed by atoms with Gasteiger partial charge in [0.1, 0.15) is 0 Å². The van der Waals surface area contributed by atoms with Gasteiger partial charge in [0.2, 0.25) is 0 Å². The normalized spacial score (nSPS) is 12.4. The molecular formula is C15H22N2. The smallest absolute Gasteiger partial charge is 0.0510 e. The van der Waals surface area contributed by atoms with Crippen molar-refractivity contribution >= 4 is 10.9 Å². The molecule has 0 fully saturated rings. The van der Waals surface area contributed by atoms with Crippen LogP contribution in [0, 0.1) is 13.8 Å². The van der Waals surface area contributed by atoms with E-state index >= 15 is 0 Å². The second-order valence-electron chi connectivity index (χ2n) is 5.72. The molecule has 2 rings (SSSR count). The van der Waals surface area contributed by atoms with Crippen molar-refractivity contribution in [1.82, 2.24) is 4.57 Å². The molecule has 2 aromatic rings. The van der Waals surface area contributed by atoms with Gasteiger partial charge in [0, 0.05) is 30.6 Å². The van der Waals surface area contributed by atoms with Gasteiger partial charge >= 0.3 is 0 Å². The third-order valence-electron chi connectivity index (χ3n) is 3.65. The molecule has 0 atom stereocenters. The molecule has 0 spiro atoms. The van der Waals surface area contributed by atoms with Gasteiger partial charge in [-0.3, -0.25) is 0 Å². The fraction of sp³-hybridized carbons (Fsp3) is 0.467. The maximum absolute atomic E-state index is 5.91. The maximum atomic E-state index is 5.91. The molecule has 0 radical (unpaired) electrons. The van der Waals surface area contributed by atoms with Gasteiger partial charge in [0.15, 0.2) is 0 Å². The fourth-order valence-electron chi connectivity index (χ4n) is 2.61. The average Bonchev–Trinajstić information content (AvgIpc) is 2.56. The van der Waals surface area contributed by atoms with Crippen LogP contribution in [0.15, 0.2) is 18.3 Å².